The van der Waals surface area contributed by atoms with Crippen molar-refractivity contribution in [2.45, 2.75) is 6.10 Å². The molecule has 1 aromatic carbocycles. The number of hydrogen-bond donors (Lipinski definition) is 3. The molecule has 2 amide bonds. The highest BCUT2D eigenvalue weighted by Gasteiger charge is 2.12. The van der Waals surface area contributed by atoms with Gasteiger partial charge in [0.15, 0.2) is 6.61 Å². The molecular formula is C11H12ClFN2O4. The molecule has 19 heavy (non-hydrogen) atoms. The van der Waals surface area contributed by atoms with Crippen LogP contribution in [-0.2, 0) is 9.59 Å². The number of hydrogen-bond acceptors (Lipinski definition) is 4. The van der Waals surface area contributed by atoms with Crippen molar-refractivity contribution in [2.75, 3.05) is 13.2 Å². The SMILES string of the molecule is NC(=O)C(O)CNC(=O)COc1ccc(F)cc1Cl. The van der Waals surface area contributed by atoms with Crippen molar-refractivity contribution in [3.05, 3.63) is 29.0 Å². The van der Waals surface area contributed by atoms with Gasteiger partial charge in [0.25, 0.3) is 5.91 Å². The van der Waals surface area contributed by atoms with Crippen LogP contribution >= 0.6 is 11.6 Å². The third kappa shape index (κ3) is 5.11. The summed E-state index contributed by atoms with van der Waals surface area (Å²) < 4.78 is 17.8. The maximum atomic E-state index is 12.7. The molecule has 0 radical (unpaired) electrons. The van der Waals surface area contributed by atoms with Gasteiger partial charge in [0.05, 0.1) is 11.6 Å². The number of carbonyl (C=O) groups is 2. The largest absolute Gasteiger partial charge is 0.482 e. The maximum absolute atomic E-state index is 12.7. The molecule has 1 unspecified atom stereocenters. The van der Waals surface area contributed by atoms with E-state index in [1.807, 2.05) is 0 Å². The lowest BCUT2D eigenvalue weighted by Gasteiger charge is -2.10. The van der Waals surface area contributed by atoms with Crippen molar-refractivity contribution >= 4 is 23.4 Å². The Morgan fingerprint density at radius 3 is 2.79 bits per heavy atom. The molecule has 1 aromatic rings. The second kappa shape index (κ2) is 6.91. The Kier molecular flexibility index (Phi) is 5.53. The Morgan fingerprint density at radius 1 is 1.53 bits per heavy atom. The average Bonchev–Trinajstić information content (AvgIpc) is 2.34. The first-order chi connectivity index (χ1) is 8.90. The van der Waals surface area contributed by atoms with E-state index in [1.54, 1.807) is 0 Å². The molecule has 0 fully saturated rings. The Hall–Kier alpha value is -1.86. The van der Waals surface area contributed by atoms with Crippen LogP contribution in [0.25, 0.3) is 0 Å². The van der Waals surface area contributed by atoms with Crippen LogP contribution in [0.15, 0.2) is 18.2 Å². The predicted octanol–water partition coefficient (Wildman–Crippen LogP) is -0.180. The molecule has 0 saturated heterocycles. The Labute approximate surface area is 113 Å². The van der Waals surface area contributed by atoms with Gasteiger partial charge < -0.3 is 20.9 Å². The van der Waals surface area contributed by atoms with Gasteiger partial charge in [-0.3, -0.25) is 9.59 Å². The summed E-state index contributed by atoms with van der Waals surface area (Å²) in [5.41, 5.74) is 4.80. The van der Waals surface area contributed by atoms with E-state index in [0.29, 0.717) is 0 Å². The number of halogens is 2. The topological polar surface area (TPSA) is 102 Å². The van der Waals surface area contributed by atoms with E-state index in [9.17, 15) is 14.0 Å². The number of aliphatic hydroxyl groups excluding tert-OH is 1. The van der Waals surface area contributed by atoms with Crippen LogP contribution in [0.1, 0.15) is 0 Å². The van der Waals surface area contributed by atoms with E-state index in [4.69, 9.17) is 27.2 Å². The van der Waals surface area contributed by atoms with Gasteiger partial charge in [-0.05, 0) is 18.2 Å². The van der Waals surface area contributed by atoms with E-state index in [0.717, 1.165) is 12.1 Å². The second-order valence-electron chi connectivity index (χ2n) is 3.59. The summed E-state index contributed by atoms with van der Waals surface area (Å²) >= 11 is 5.68. The maximum Gasteiger partial charge on any atom is 0.258 e. The van der Waals surface area contributed by atoms with Crippen molar-refractivity contribution in [1.82, 2.24) is 5.32 Å². The molecule has 0 spiro atoms. The van der Waals surface area contributed by atoms with Crippen molar-refractivity contribution < 1.29 is 23.8 Å². The summed E-state index contributed by atoms with van der Waals surface area (Å²) in [7, 11) is 0. The fourth-order valence-corrected chi connectivity index (χ4v) is 1.32. The zero-order chi connectivity index (χ0) is 14.4. The molecule has 4 N–H and O–H groups in total. The number of benzene rings is 1. The summed E-state index contributed by atoms with van der Waals surface area (Å²) in [4.78, 5) is 21.8. The van der Waals surface area contributed by atoms with Crippen LogP contribution in [0.5, 0.6) is 5.75 Å². The molecule has 0 aliphatic carbocycles. The monoisotopic (exact) mass is 290 g/mol. The highest BCUT2D eigenvalue weighted by atomic mass is 35.5. The Bertz CT molecular complexity index is 484. The number of rotatable bonds is 6. The van der Waals surface area contributed by atoms with Crippen LogP contribution in [0, 0.1) is 5.82 Å². The van der Waals surface area contributed by atoms with Crippen LogP contribution in [0.3, 0.4) is 0 Å². The summed E-state index contributed by atoms with van der Waals surface area (Å²) in [5, 5.41) is 11.3. The van der Waals surface area contributed by atoms with Crippen LogP contribution < -0.4 is 15.8 Å². The zero-order valence-electron chi connectivity index (χ0n) is 9.73. The zero-order valence-corrected chi connectivity index (χ0v) is 10.5. The van der Waals surface area contributed by atoms with Gasteiger partial charge in [-0.2, -0.15) is 0 Å². The minimum atomic E-state index is -1.46. The lowest BCUT2D eigenvalue weighted by atomic mass is 10.3. The highest BCUT2D eigenvalue weighted by Crippen LogP contribution is 2.24. The smallest absolute Gasteiger partial charge is 0.258 e. The molecule has 0 bridgehead atoms. The van der Waals surface area contributed by atoms with Gasteiger partial charge in [0, 0.05) is 0 Å². The van der Waals surface area contributed by atoms with Gasteiger partial charge in [-0.25, -0.2) is 4.39 Å². The number of amides is 2. The summed E-state index contributed by atoms with van der Waals surface area (Å²) in [6.45, 7) is -0.703. The Balaban J connectivity index is 2.40. The third-order valence-corrected chi connectivity index (χ3v) is 2.37. The second-order valence-corrected chi connectivity index (χ2v) is 3.99. The first kappa shape index (κ1) is 15.2. The molecule has 1 atom stereocenters. The van der Waals surface area contributed by atoms with Gasteiger partial charge >= 0.3 is 0 Å². The summed E-state index contributed by atoms with van der Waals surface area (Å²) in [5.74, 6) is -1.90. The molecule has 104 valence electrons. The number of carbonyl (C=O) groups excluding carboxylic acids is 2. The van der Waals surface area contributed by atoms with Crippen LogP contribution in [-0.4, -0.2) is 36.2 Å². The molecule has 8 heteroatoms. The molecule has 1 rings (SSSR count). The molecule has 0 saturated carbocycles. The molecule has 0 aliphatic rings. The summed E-state index contributed by atoms with van der Waals surface area (Å²) in [6, 6.07) is 3.46. The van der Waals surface area contributed by atoms with Crippen molar-refractivity contribution in [3.63, 3.8) is 0 Å². The average molecular weight is 291 g/mol. The lowest BCUT2D eigenvalue weighted by Crippen LogP contribution is -2.41. The molecule has 6 nitrogen and oxygen atoms in total. The summed E-state index contributed by atoms with van der Waals surface area (Å²) in [6.07, 6.45) is -1.46. The van der Waals surface area contributed by atoms with E-state index in [1.165, 1.54) is 6.07 Å². The van der Waals surface area contributed by atoms with Crippen molar-refractivity contribution in [2.24, 2.45) is 5.73 Å². The number of nitrogens with one attached hydrogen (secondary N) is 1. The van der Waals surface area contributed by atoms with Crippen molar-refractivity contribution in [3.8, 4) is 5.75 Å². The minimum absolute atomic E-state index is 0.0324. The van der Waals surface area contributed by atoms with Crippen LogP contribution in [0.2, 0.25) is 5.02 Å². The first-order valence-electron chi connectivity index (χ1n) is 5.22. The van der Waals surface area contributed by atoms with Crippen LogP contribution in [0.4, 0.5) is 4.39 Å². The van der Waals surface area contributed by atoms with E-state index in [-0.39, 0.29) is 17.3 Å². The van der Waals surface area contributed by atoms with Crippen molar-refractivity contribution in [1.29, 1.82) is 0 Å². The molecular weight excluding hydrogens is 279 g/mol. The van der Waals surface area contributed by atoms with E-state index >= 15 is 0 Å². The van der Waals surface area contributed by atoms with Gasteiger partial charge in [0.2, 0.25) is 5.91 Å². The first-order valence-corrected chi connectivity index (χ1v) is 5.60. The van der Waals surface area contributed by atoms with Gasteiger partial charge in [-0.15, -0.1) is 0 Å². The number of aliphatic hydroxyl groups is 1. The predicted molar refractivity (Wildman–Crippen MR) is 65.1 cm³/mol. The fraction of sp³-hybridized carbons (Fsp3) is 0.273. The Morgan fingerprint density at radius 2 is 2.21 bits per heavy atom. The lowest BCUT2D eigenvalue weighted by molar-refractivity contribution is -0.127. The van der Waals surface area contributed by atoms with E-state index < -0.39 is 30.3 Å². The number of ether oxygens (including phenoxy) is 1. The standard InChI is InChI=1S/C11H12ClFN2O4/c12-7-3-6(13)1-2-9(7)19-5-10(17)15-4-8(16)11(14)18/h1-3,8,16H,4-5H2,(H2,14,18)(H,15,17). The number of nitrogens with two attached hydrogens (primary N) is 1. The third-order valence-electron chi connectivity index (χ3n) is 2.07. The molecule has 0 heterocycles. The molecule has 0 aromatic heterocycles. The fourth-order valence-electron chi connectivity index (χ4n) is 1.10. The number of primary amides is 1. The van der Waals surface area contributed by atoms with Gasteiger partial charge in [-0.1, -0.05) is 11.6 Å². The van der Waals surface area contributed by atoms with E-state index in [2.05, 4.69) is 5.32 Å². The van der Waals surface area contributed by atoms with Gasteiger partial charge in [0.1, 0.15) is 17.7 Å². The normalized spacial score (nSPS) is 11.7. The quantitative estimate of drug-likeness (QED) is 0.676. The molecule has 0 aliphatic heterocycles. The highest BCUT2D eigenvalue weighted by molar-refractivity contribution is 6.32. The minimum Gasteiger partial charge on any atom is -0.482 e.